The molecule has 2 atom stereocenters. The zero-order valence-electron chi connectivity index (χ0n) is 19.2. The van der Waals surface area contributed by atoms with Gasteiger partial charge in [-0.05, 0) is 41.4 Å². The van der Waals surface area contributed by atoms with Gasteiger partial charge in [-0.1, -0.05) is 61.5 Å². The Bertz CT molecular complexity index is 892. The molecule has 6 heteroatoms. The number of nitrogens with zero attached hydrogens (tertiary/aromatic N) is 3. The second-order valence-corrected chi connectivity index (χ2v) is 8.83. The number of fused-ring (bicyclic) bond motifs is 1. The molecule has 2 aromatic rings. The zero-order valence-corrected chi connectivity index (χ0v) is 21.5. The first-order chi connectivity index (χ1) is 15.2. The van der Waals surface area contributed by atoms with Crippen LogP contribution in [0.4, 0.5) is 0 Å². The van der Waals surface area contributed by atoms with Gasteiger partial charge in [-0.15, -0.1) is 24.0 Å². The predicted octanol–water partition coefficient (Wildman–Crippen LogP) is 4.63. The van der Waals surface area contributed by atoms with Crippen LogP contribution in [0.15, 0.2) is 59.6 Å². The third-order valence-electron chi connectivity index (χ3n) is 6.69. The van der Waals surface area contributed by atoms with Crippen molar-refractivity contribution in [2.24, 2.45) is 10.9 Å². The first kappa shape index (κ1) is 24.6. The molecular weight excluding hydrogens is 511 g/mol. The molecule has 32 heavy (non-hydrogen) atoms. The smallest absolute Gasteiger partial charge is 0.223 e. The Labute approximate surface area is 209 Å². The maximum absolute atomic E-state index is 12.6. The van der Waals surface area contributed by atoms with Crippen molar-refractivity contribution in [3.8, 4) is 0 Å². The standard InChI is InChI=1S/C26H34N4O.HI/c1-20-17-29(16-14-24(20)21-9-4-3-5-10-21)26(27-2)28-15-8-13-25(31)30-18-22-11-6-7-12-23(22)19-30;/h3-7,9-12,20,24H,8,13-19H2,1-2H3,(H,27,28);1H. The fraction of sp³-hybridized carbons (Fsp3) is 0.462. The van der Waals surface area contributed by atoms with Crippen LogP contribution in [0.2, 0.25) is 0 Å². The summed E-state index contributed by atoms with van der Waals surface area (Å²) in [7, 11) is 1.85. The number of carbonyl (C=O) groups excluding carboxylic acids is 1. The maximum Gasteiger partial charge on any atom is 0.223 e. The number of aliphatic imine (C=N–C) groups is 1. The van der Waals surface area contributed by atoms with Gasteiger partial charge >= 0.3 is 0 Å². The molecule has 2 aromatic carbocycles. The van der Waals surface area contributed by atoms with Crippen LogP contribution in [-0.4, -0.2) is 48.3 Å². The molecule has 2 aliphatic rings. The number of nitrogens with one attached hydrogen (secondary N) is 1. The summed E-state index contributed by atoms with van der Waals surface area (Å²) in [6.07, 6.45) is 2.53. The Kier molecular flexibility index (Phi) is 8.96. The monoisotopic (exact) mass is 546 g/mol. The van der Waals surface area contributed by atoms with Crippen molar-refractivity contribution >= 4 is 35.8 Å². The van der Waals surface area contributed by atoms with Gasteiger partial charge in [0.1, 0.15) is 0 Å². The van der Waals surface area contributed by atoms with E-state index in [1.807, 2.05) is 24.1 Å². The van der Waals surface area contributed by atoms with E-state index in [9.17, 15) is 4.79 Å². The van der Waals surface area contributed by atoms with Gasteiger partial charge in [0, 0.05) is 46.2 Å². The lowest BCUT2D eigenvalue weighted by atomic mass is 9.82. The molecule has 4 rings (SSSR count). The van der Waals surface area contributed by atoms with Crippen LogP contribution in [0.5, 0.6) is 0 Å². The molecule has 0 saturated carbocycles. The molecule has 172 valence electrons. The minimum atomic E-state index is 0. The Balaban J connectivity index is 0.00000289. The summed E-state index contributed by atoms with van der Waals surface area (Å²) in [5.41, 5.74) is 4.00. The molecule has 1 amide bonds. The van der Waals surface area contributed by atoms with Gasteiger partial charge in [0.15, 0.2) is 5.96 Å². The first-order valence-electron chi connectivity index (χ1n) is 11.5. The van der Waals surface area contributed by atoms with Gasteiger partial charge in [-0.2, -0.15) is 0 Å². The van der Waals surface area contributed by atoms with E-state index in [2.05, 4.69) is 64.6 Å². The van der Waals surface area contributed by atoms with Crippen molar-refractivity contribution in [3.05, 3.63) is 71.3 Å². The molecule has 1 fully saturated rings. The number of halogens is 1. The van der Waals surface area contributed by atoms with Gasteiger partial charge in [0.05, 0.1) is 0 Å². The number of piperidine rings is 1. The molecule has 1 saturated heterocycles. The Morgan fingerprint density at radius 1 is 1.03 bits per heavy atom. The molecule has 2 heterocycles. The van der Waals surface area contributed by atoms with E-state index in [4.69, 9.17) is 0 Å². The number of guanidine groups is 1. The second-order valence-electron chi connectivity index (χ2n) is 8.83. The summed E-state index contributed by atoms with van der Waals surface area (Å²) >= 11 is 0. The van der Waals surface area contributed by atoms with E-state index >= 15 is 0 Å². The van der Waals surface area contributed by atoms with Crippen molar-refractivity contribution in [3.63, 3.8) is 0 Å². The van der Waals surface area contributed by atoms with E-state index in [0.29, 0.717) is 18.3 Å². The Morgan fingerprint density at radius 2 is 1.69 bits per heavy atom. The van der Waals surface area contributed by atoms with Crippen molar-refractivity contribution in [2.45, 2.75) is 45.2 Å². The van der Waals surface area contributed by atoms with Gasteiger partial charge < -0.3 is 15.1 Å². The molecule has 0 spiro atoms. The fourth-order valence-electron chi connectivity index (χ4n) is 4.97. The van der Waals surface area contributed by atoms with Crippen LogP contribution < -0.4 is 5.32 Å². The summed E-state index contributed by atoms with van der Waals surface area (Å²) in [5, 5.41) is 3.48. The average molecular weight is 546 g/mol. The van der Waals surface area contributed by atoms with E-state index in [-0.39, 0.29) is 29.9 Å². The van der Waals surface area contributed by atoms with Crippen LogP contribution in [0.3, 0.4) is 0 Å². The maximum atomic E-state index is 12.6. The van der Waals surface area contributed by atoms with Crippen molar-refractivity contribution in [1.82, 2.24) is 15.1 Å². The summed E-state index contributed by atoms with van der Waals surface area (Å²) in [5.74, 6) is 2.38. The van der Waals surface area contributed by atoms with Crippen LogP contribution >= 0.6 is 24.0 Å². The summed E-state index contributed by atoms with van der Waals surface area (Å²) in [6, 6.07) is 19.2. The Hall–Kier alpha value is -2.09. The molecule has 0 aromatic heterocycles. The number of amides is 1. The van der Waals surface area contributed by atoms with Crippen molar-refractivity contribution in [2.75, 3.05) is 26.7 Å². The third kappa shape index (κ3) is 5.82. The summed E-state index contributed by atoms with van der Waals surface area (Å²) < 4.78 is 0. The molecule has 5 nitrogen and oxygen atoms in total. The number of benzene rings is 2. The highest BCUT2D eigenvalue weighted by Gasteiger charge is 2.28. The van der Waals surface area contributed by atoms with Crippen LogP contribution in [-0.2, 0) is 17.9 Å². The zero-order chi connectivity index (χ0) is 21.6. The molecule has 0 aliphatic carbocycles. The molecule has 2 unspecified atom stereocenters. The van der Waals surface area contributed by atoms with Gasteiger partial charge in [0.25, 0.3) is 0 Å². The lowest BCUT2D eigenvalue weighted by molar-refractivity contribution is -0.131. The SMILES string of the molecule is CN=C(NCCCC(=O)N1Cc2ccccc2C1)N1CCC(c2ccccc2)C(C)C1.I. The molecular formula is C26H35IN4O. The molecule has 1 N–H and O–H groups in total. The second kappa shape index (κ2) is 11.7. The third-order valence-corrected chi connectivity index (χ3v) is 6.69. The minimum absolute atomic E-state index is 0. The van der Waals surface area contributed by atoms with Crippen LogP contribution in [0, 0.1) is 5.92 Å². The first-order valence-corrected chi connectivity index (χ1v) is 11.5. The van der Waals surface area contributed by atoms with Gasteiger partial charge in [-0.25, -0.2) is 0 Å². The lowest BCUT2D eigenvalue weighted by Crippen LogP contribution is -2.48. The summed E-state index contributed by atoms with van der Waals surface area (Å²) in [6.45, 7) is 6.62. The van der Waals surface area contributed by atoms with E-state index in [1.54, 1.807) is 0 Å². The number of hydrogen-bond donors (Lipinski definition) is 1. The van der Waals surface area contributed by atoms with E-state index in [0.717, 1.165) is 51.5 Å². The fourth-order valence-corrected chi connectivity index (χ4v) is 4.97. The topological polar surface area (TPSA) is 47.9 Å². The van der Waals surface area contributed by atoms with Crippen molar-refractivity contribution < 1.29 is 4.79 Å². The van der Waals surface area contributed by atoms with E-state index < -0.39 is 0 Å². The minimum Gasteiger partial charge on any atom is -0.356 e. The predicted molar refractivity (Wildman–Crippen MR) is 141 cm³/mol. The average Bonchev–Trinajstić information content (AvgIpc) is 3.24. The largest absolute Gasteiger partial charge is 0.356 e. The van der Waals surface area contributed by atoms with Crippen LogP contribution in [0.25, 0.3) is 0 Å². The molecule has 2 aliphatic heterocycles. The number of rotatable bonds is 5. The van der Waals surface area contributed by atoms with Crippen molar-refractivity contribution in [1.29, 1.82) is 0 Å². The van der Waals surface area contributed by atoms with Gasteiger partial charge in [0.2, 0.25) is 5.91 Å². The number of hydrogen-bond acceptors (Lipinski definition) is 2. The van der Waals surface area contributed by atoms with Crippen LogP contribution in [0.1, 0.15) is 48.8 Å². The highest BCUT2D eigenvalue weighted by atomic mass is 127. The van der Waals surface area contributed by atoms with Gasteiger partial charge in [-0.3, -0.25) is 9.79 Å². The number of carbonyl (C=O) groups is 1. The highest BCUT2D eigenvalue weighted by Crippen LogP contribution is 2.32. The molecule has 0 bridgehead atoms. The lowest BCUT2D eigenvalue weighted by Gasteiger charge is -2.39. The number of likely N-dealkylation sites (tertiary alicyclic amines) is 1. The highest BCUT2D eigenvalue weighted by molar-refractivity contribution is 14.0. The summed E-state index contributed by atoms with van der Waals surface area (Å²) in [4.78, 5) is 21.4. The Morgan fingerprint density at radius 3 is 2.31 bits per heavy atom. The van der Waals surface area contributed by atoms with E-state index in [1.165, 1.54) is 16.7 Å². The molecule has 0 radical (unpaired) electrons. The quantitative estimate of drug-likeness (QED) is 0.258. The normalized spacial score (nSPS) is 20.5.